The molecule has 20 heavy (non-hydrogen) atoms. The third-order valence-corrected chi connectivity index (χ3v) is 4.10. The van der Waals surface area contributed by atoms with E-state index in [1.54, 1.807) is 0 Å². The molecule has 0 bridgehead atoms. The second-order valence-electron chi connectivity index (χ2n) is 6.66. The van der Waals surface area contributed by atoms with Crippen LogP contribution in [0.25, 0.3) is 0 Å². The molecule has 0 aromatic rings. The van der Waals surface area contributed by atoms with Gasteiger partial charge >= 0.3 is 0 Å². The monoisotopic (exact) mass is 283 g/mol. The molecule has 0 aromatic heterocycles. The summed E-state index contributed by atoms with van der Waals surface area (Å²) in [6.45, 7) is 11.9. The molecule has 0 aliphatic carbocycles. The molecule has 5 nitrogen and oxygen atoms in total. The van der Waals surface area contributed by atoms with Gasteiger partial charge in [-0.1, -0.05) is 13.8 Å². The zero-order valence-electron chi connectivity index (χ0n) is 13.0. The van der Waals surface area contributed by atoms with Crippen molar-refractivity contribution in [2.75, 3.05) is 39.4 Å². The first-order valence-electron chi connectivity index (χ1n) is 7.88. The van der Waals surface area contributed by atoms with E-state index in [1.165, 1.54) is 6.42 Å². The second-order valence-corrected chi connectivity index (χ2v) is 6.66. The van der Waals surface area contributed by atoms with E-state index in [2.05, 4.69) is 36.3 Å². The molecule has 0 saturated carbocycles. The van der Waals surface area contributed by atoms with Gasteiger partial charge in [0, 0.05) is 32.2 Å². The first-order chi connectivity index (χ1) is 9.54. The van der Waals surface area contributed by atoms with E-state index in [9.17, 15) is 4.79 Å². The summed E-state index contributed by atoms with van der Waals surface area (Å²) in [5, 5.41) is 6.29. The Morgan fingerprint density at radius 2 is 2.10 bits per heavy atom. The molecule has 2 fully saturated rings. The van der Waals surface area contributed by atoms with Crippen LogP contribution in [0.2, 0.25) is 0 Å². The van der Waals surface area contributed by atoms with E-state index < -0.39 is 0 Å². The van der Waals surface area contributed by atoms with Crippen LogP contribution < -0.4 is 10.6 Å². The van der Waals surface area contributed by atoms with E-state index in [0.717, 1.165) is 38.0 Å². The quantitative estimate of drug-likeness (QED) is 0.787. The Hall–Kier alpha value is -0.650. The SMILES string of the molecule is CC1CC(C)CN(CC(C)NC(=O)C2COCCN2)C1. The minimum atomic E-state index is -0.189. The fourth-order valence-electron chi connectivity index (χ4n) is 3.45. The Morgan fingerprint density at radius 3 is 2.70 bits per heavy atom. The molecule has 1 amide bonds. The highest BCUT2D eigenvalue weighted by Crippen LogP contribution is 2.20. The van der Waals surface area contributed by atoms with Gasteiger partial charge in [-0.25, -0.2) is 0 Å². The van der Waals surface area contributed by atoms with Crippen LogP contribution in [0.15, 0.2) is 0 Å². The Kier molecular flexibility index (Phi) is 5.81. The largest absolute Gasteiger partial charge is 0.378 e. The Labute approximate surface area is 122 Å². The van der Waals surface area contributed by atoms with E-state index in [1.807, 2.05) is 0 Å². The molecule has 0 aromatic carbocycles. The number of amides is 1. The van der Waals surface area contributed by atoms with Crippen molar-refractivity contribution >= 4 is 5.91 Å². The zero-order chi connectivity index (χ0) is 14.5. The summed E-state index contributed by atoms with van der Waals surface area (Å²) in [4.78, 5) is 14.6. The summed E-state index contributed by atoms with van der Waals surface area (Å²) < 4.78 is 5.33. The molecular weight excluding hydrogens is 254 g/mol. The molecule has 2 aliphatic heterocycles. The number of carbonyl (C=O) groups excluding carboxylic acids is 1. The van der Waals surface area contributed by atoms with Crippen molar-refractivity contribution in [3.63, 3.8) is 0 Å². The third-order valence-electron chi connectivity index (χ3n) is 4.10. The lowest BCUT2D eigenvalue weighted by Crippen LogP contribution is -2.55. The van der Waals surface area contributed by atoms with Crippen LogP contribution in [0.1, 0.15) is 27.2 Å². The predicted octanol–water partition coefficient (Wildman–Crippen LogP) is 0.457. The van der Waals surface area contributed by atoms with Gasteiger partial charge < -0.3 is 20.3 Å². The molecule has 2 saturated heterocycles. The van der Waals surface area contributed by atoms with Gasteiger partial charge in [-0.3, -0.25) is 4.79 Å². The number of carbonyl (C=O) groups is 1. The standard InChI is InChI=1S/C15H29N3O2/c1-11-6-12(2)8-18(7-11)9-13(3)17-15(19)14-10-20-5-4-16-14/h11-14,16H,4-10H2,1-3H3,(H,17,19). The topological polar surface area (TPSA) is 53.6 Å². The first-order valence-corrected chi connectivity index (χ1v) is 7.88. The van der Waals surface area contributed by atoms with Crippen molar-refractivity contribution in [1.29, 1.82) is 0 Å². The fraction of sp³-hybridized carbons (Fsp3) is 0.933. The number of hydrogen-bond acceptors (Lipinski definition) is 4. The third kappa shape index (κ3) is 4.72. The molecule has 2 N–H and O–H groups in total. The molecule has 2 heterocycles. The van der Waals surface area contributed by atoms with Crippen molar-refractivity contribution < 1.29 is 9.53 Å². The van der Waals surface area contributed by atoms with Crippen molar-refractivity contribution in [1.82, 2.24) is 15.5 Å². The van der Waals surface area contributed by atoms with Gasteiger partial charge in [0.1, 0.15) is 6.04 Å². The van der Waals surface area contributed by atoms with Crippen LogP contribution >= 0.6 is 0 Å². The molecule has 116 valence electrons. The van der Waals surface area contributed by atoms with Crippen LogP contribution in [0.5, 0.6) is 0 Å². The second kappa shape index (κ2) is 7.38. The number of likely N-dealkylation sites (tertiary alicyclic amines) is 1. The van der Waals surface area contributed by atoms with Crippen molar-refractivity contribution in [2.45, 2.75) is 39.3 Å². The summed E-state index contributed by atoms with van der Waals surface area (Å²) in [6, 6.07) is -0.00544. The van der Waals surface area contributed by atoms with Crippen molar-refractivity contribution in [2.24, 2.45) is 11.8 Å². The number of ether oxygens (including phenoxy) is 1. The number of hydrogen-bond donors (Lipinski definition) is 2. The van der Waals surface area contributed by atoms with Crippen LogP contribution in [0.4, 0.5) is 0 Å². The van der Waals surface area contributed by atoms with Gasteiger partial charge in [-0.15, -0.1) is 0 Å². The number of piperidine rings is 1. The van der Waals surface area contributed by atoms with Crippen LogP contribution in [0, 0.1) is 11.8 Å². The van der Waals surface area contributed by atoms with E-state index >= 15 is 0 Å². The Morgan fingerprint density at radius 1 is 1.40 bits per heavy atom. The number of nitrogens with zero attached hydrogens (tertiary/aromatic N) is 1. The highest BCUT2D eigenvalue weighted by atomic mass is 16.5. The summed E-state index contributed by atoms with van der Waals surface area (Å²) >= 11 is 0. The lowest BCUT2D eigenvalue weighted by Gasteiger charge is -2.36. The maximum Gasteiger partial charge on any atom is 0.239 e. The van der Waals surface area contributed by atoms with Gasteiger partial charge in [0.15, 0.2) is 0 Å². The minimum Gasteiger partial charge on any atom is -0.378 e. The normalized spacial score (nSPS) is 33.6. The van der Waals surface area contributed by atoms with E-state index in [0.29, 0.717) is 13.2 Å². The van der Waals surface area contributed by atoms with E-state index in [4.69, 9.17) is 4.74 Å². The predicted molar refractivity (Wildman–Crippen MR) is 79.6 cm³/mol. The molecule has 0 radical (unpaired) electrons. The van der Waals surface area contributed by atoms with Gasteiger partial charge in [-0.2, -0.15) is 0 Å². The minimum absolute atomic E-state index is 0.0651. The summed E-state index contributed by atoms with van der Waals surface area (Å²) in [5.41, 5.74) is 0. The van der Waals surface area contributed by atoms with Gasteiger partial charge in [0.05, 0.1) is 13.2 Å². The van der Waals surface area contributed by atoms with Gasteiger partial charge in [0.25, 0.3) is 0 Å². The molecule has 2 rings (SSSR count). The molecule has 4 atom stereocenters. The molecule has 4 unspecified atom stereocenters. The first kappa shape index (κ1) is 15.7. The zero-order valence-corrected chi connectivity index (χ0v) is 13.0. The maximum absolute atomic E-state index is 12.1. The average molecular weight is 283 g/mol. The number of rotatable bonds is 4. The molecule has 2 aliphatic rings. The Balaban J connectivity index is 1.73. The van der Waals surface area contributed by atoms with Gasteiger partial charge in [0.2, 0.25) is 5.91 Å². The van der Waals surface area contributed by atoms with Crippen LogP contribution in [0.3, 0.4) is 0 Å². The van der Waals surface area contributed by atoms with Crippen molar-refractivity contribution in [3.05, 3.63) is 0 Å². The van der Waals surface area contributed by atoms with Gasteiger partial charge in [-0.05, 0) is 25.2 Å². The van der Waals surface area contributed by atoms with Crippen LogP contribution in [-0.4, -0.2) is 62.3 Å². The highest BCUT2D eigenvalue weighted by molar-refractivity contribution is 5.82. The van der Waals surface area contributed by atoms with Crippen LogP contribution in [-0.2, 0) is 9.53 Å². The fourth-order valence-corrected chi connectivity index (χ4v) is 3.45. The average Bonchev–Trinajstić information content (AvgIpc) is 2.38. The van der Waals surface area contributed by atoms with Crippen molar-refractivity contribution in [3.8, 4) is 0 Å². The number of nitrogens with one attached hydrogen (secondary N) is 2. The maximum atomic E-state index is 12.1. The smallest absolute Gasteiger partial charge is 0.239 e. The number of morpholine rings is 1. The highest BCUT2D eigenvalue weighted by Gasteiger charge is 2.25. The summed E-state index contributed by atoms with van der Waals surface area (Å²) in [6.07, 6.45) is 1.32. The molecule has 0 spiro atoms. The van der Waals surface area contributed by atoms with E-state index in [-0.39, 0.29) is 18.0 Å². The summed E-state index contributed by atoms with van der Waals surface area (Å²) in [5.74, 6) is 1.58. The lowest BCUT2D eigenvalue weighted by atomic mass is 9.92. The summed E-state index contributed by atoms with van der Waals surface area (Å²) in [7, 11) is 0. The lowest BCUT2D eigenvalue weighted by molar-refractivity contribution is -0.126. The molecule has 5 heteroatoms. The Bertz CT molecular complexity index is 308. The molecular formula is C15H29N3O2.